The highest BCUT2D eigenvalue weighted by Gasteiger charge is 2.29. The van der Waals surface area contributed by atoms with Crippen LogP contribution in [0.3, 0.4) is 0 Å². The molecule has 0 aromatic carbocycles. The second-order valence-electron chi connectivity index (χ2n) is 5.72. The second-order valence-corrected chi connectivity index (χ2v) is 7.53. The molecule has 3 N–H and O–H groups in total. The third-order valence-corrected chi connectivity index (χ3v) is 5.25. The highest BCUT2D eigenvalue weighted by atomic mass is 32.2. The van der Waals surface area contributed by atoms with Crippen molar-refractivity contribution in [2.45, 2.75) is 45.1 Å². The van der Waals surface area contributed by atoms with E-state index in [4.69, 9.17) is 9.90 Å². The largest absolute Gasteiger partial charge is 0.481 e. The van der Waals surface area contributed by atoms with Gasteiger partial charge in [0.25, 0.3) is 16.2 Å². The molecule has 0 amide bonds. The van der Waals surface area contributed by atoms with Gasteiger partial charge in [0.05, 0.1) is 0 Å². The van der Waals surface area contributed by atoms with E-state index in [9.17, 15) is 8.42 Å². The summed E-state index contributed by atoms with van der Waals surface area (Å²) in [5, 5.41) is 10.7. The molecule has 1 saturated heterocycles. The van der Waals surface area contributed by atoms with Crippen LogP contribution in [0.25, 0.3) is 0 Å². The number of carboxylic acid groups (broad SMARTS) is 1. The predicted octanol–water partition coefficient (Wildman–Crippen LogP) is 0.396. The lowest BCUT2D eigenvalue weighted by molar-refractivity contribution is -0.134. The Hall–Kier alpha value is -0.700. The first-order valence-corrected chi connectivity index (χ1v) is 8.89. The number of rotatable bonds is 6. The molecule has 1 aliphatic carbocycles. The summed E-state index contributed by atoms with van der Waals surface area (Å²) in [6.45, 7) is 3.86. The summed E-state index contributed by atoms with van der Waals surface area (Å²) in [7, 11) is -1.56. The number of piperidine rings is 1. The summed E-state index contributed by atoms with van der Waals surface area (Å²) in [5.41, 5.74) is 0. The molecule has 124 valence electrons. The van der Waals surface area contributed by atoms with Crippen LogP contribution >= 0.6 is 0 Å². The molecule has 7 nitrogen and oxygen atoms in total. The molecule has 0 radical (unpaired) electrons. The molecule has 2 aliphatic rings. The van der Waals surface area contributed by atoms with E-state index in [1.165, 1.54) is 17.1 Å². The summed E-state index contributed by atoms with van der Waals surface area (Å²) in [5.74, 6) is -0.158. The molecule has 1 saturated carbocycles. The lowest BCUT2D eigenvalue weighted by Gasteiger charge is -2.25. The van der Waals surface area contributed by atoms with E-state index in [1.54, 1.807) is 7.05 Å². The summed E-state index contributed by atoms with van der Waals surface area (Å²) >= 11 is 0. The molecule has 8 heteroatoms. The fraction of sp³-hybridized carbons (Fsp3) is 0.923. The minimum absolute atomic E-state index is 0.196. The van der Waals surface area contributed by atoms with Crippen molar-refractivity contribution in [3.63, 3.8) is 0 Å². The Morgan fingerprint density at radius 1 is 1.29 bits per heavy atom. The summed E-state index contributed by atoms with van der Waals surface area (Å²) in [4.78, 5) is 9.00. The number of hydrogen-bond donors (Lipinski definition) is 3. The van der Waals surface area contributed by atoms with Crippen LogP contribution in [0.5, 0.6) is 0 Å². The van der Waals surface area contributed by atoms with Crippen molar-refractivity contribution in [2.75, 3.05) is 26.7 Å². The highest BCUT2D eigenvalue weighted by molar-refractivity contribution is 7.87. The maximum Gasteiger partial charge on any atom is 0.300 e. The quantitative estimate of drug-likeness (QED) is 0.657. The van der Waals surface area contributed by atoms with Gasteiger partial charge in [-0.05, 0) is 51.1 Å². The normalized spacial score (nSPS) is 20.0. The fourth-order valence-corrected chi connectivity index (χ4v) is 3.34. The topological polar surface area (TPSA) is 98.7 Å². The van der Waals surface area contributed by atoms with Crippen LogP contribution in [-0.2, 0) is 15.0 Å². The third kappa shape index (κ3) is 8.35. The first kappa shape index (κ1) is 18.3. The smallest absolute Gasteiger partial charge is 0.300 e. The molecule has 2 rings (SSSR count). The maximum atomic E-state index is 11.9. The van der Waals surface area contributed by atoms with Crippen molar-refractivity contribution in [1.29, 1.82) is 0 Å². The zero-order chi connectivity index (χ0) is 15.9. The van der Waals surface area contributed by atoms with E-state index in [2.05, 4.69) is 10.0 Å². The van der Waals surface area contributed by atoms with Gasteiger partial charge in [-0.3, -0.25) is 4.79 Å². The summed E-state index contributed by atoms with van der Waals surface area (Å²) in [6, 6.07) is 0.196. The van der Waals surface area contributed by atoms with Gasteiger partial charge in [0.1, 0.15) is 0 Å². The zero-order valence-corrected chi connectivity index (χ0v) is 13.7. The van der Waals surface area contributed by atoms with Crippen molar-refractivity contribution >= 4 is 16.2 Å². The maximum absolute atomic E-state index is 11.9. The van der Waals surface area contributed by atoms with Crippen LogP contribution in [0.2, 0.25) is 0 Å². The molecule has 0 unspecified atom stereocenters. The first-order chi connectivity index (χ1) is 9.81. The molecule has 0 aromatic heterocycles. The number of hydrogen-bond acceptors (Lipinski definition) is 4. The van der Waals surface area contributed by atoms with Gasteiger partial charge in [-0.2, -0.15) is 17.4 Å². The first-order valence-electron chi connectivity index (χ1n) is 7.45. The molecular weight excluding hydrogens is 294 g/mol. The van der Waals surface area contributed by atoms with E-state index in [0.29, 0.717) is 12.5 Å². The van der Waals surface area contributed by atoms with Crippen molar-refractivity contribution in [2.24, 2.45) is 5.92 Å². The minimum atomic E-state index is -3.23. The molecule has 0 atom stereocenters. The fourth-order valence-electron chi connectivity index (χ4n) is 2.16. The Morgan fingerprint density at radius 3 is 2.29 bits per heavy atom. The van der Waals surface area contributed by atoms with Gasteiger partial charge >= 0.3 is 0 Å². The molecule has 1 heterocycles. The van der Waals surface area contributed by atoms with Crippen LogP contribution in [-0.4, -0.2) is 56.5 Å². The zero-order valence-electron chi connectivity index (χ0n) is 12.8. The molecule has 0 bridgehead atoms. The van der Waals surface area contributed by atoms with Gasteiger partial charge in [-0.1, -0.05) is 0 Å². The van der Waals surface area contributed by atoms with Crippen molar-refractivity contribution in [3.8, 4) is 0 Å². The van der Waals surface area contributed by atoms with Gasteiger partial charge in [-0.25, -0.2) is 0 Å². The Labute approximate surface area is 127 Å². The van der Waals surface area contributed by atoms with Gasteiger partial charge < -0.3 is 10.4 Å². The van der Waals surface area contributed by atoms with Gasteiger partial charge in [0, 0.05) is 26.6 Å². The van der Waals surface area contributed by atoms with E-state index in [-0.39, 0.29) is 6.04 Å². The van der Waals surface area contributed by atoms with Crippen LogP contribution < -0.4 is 10.0 Å². The van der Waals surface area contributed by atoms with Crippen LogP contribution in [0.4, 0.5) is 0 Å². The van der Waals surface area contributed by atoms with Crippen LogP contribution in [0.15, 0.2) is 0 Å². The number of nitrogens with zero attached hydrogens (tertiary/aromatic N) is 1. The monoisotopic (exact) mass is 321 g/mol. The molecule has 0 spiro atoms. The SMILES string of the molecule is CC(=O)O.CN(CCC1CCNCC1)S(=O)(=O)NC1CC1. The van der Waals surface area contributed by atoms with Crippen LogP contribution in [0.1, 0.15) is 39.0 Å². The Balaban J connectivity index is 0.000000491. The summed E-state index contributed by atoms with van der Waals surface area (Å²) in [6.07, 6.45) is 5.29. The van der Waals surface area contributed by atoms with E-state index in [1.807, 2.05) is 0 Å². The lowest BCUT2D eigenvalue weighted by Crippen LogP contribution is -2.40. The molecule has 2 fully saturated rings. The number of aliphatic carboxylic acids is 1. The summed E-state index contributed by atoms with van der Waals surface area (Å²) < 4.78 is 27.9. The van der Waals surface area contributed by atoms with Crippen molar-refractivity contribution in [3.05, 3.63) is 0 Å². The average molecular weight is 321 g/mol. The average Bonchev–Trinajstić information content (AvgIpc) is 3.19. The van der Waals surface area contributed by atoms with Gasteiger partial charge in [-0.15, -0.1) is 0 Å². The van der Waals surface area contributed by atoms with E-state index in [0.717, 1.165) is 39.3 Å². The van der Waals surface area contributed by atoms with Crippen LogP contribution in [0, 0.1) is 5.92 Å². The Kier molecular flexibility index (Phi) is 7.58. The molecule has 0 aromatic rings. The van der Waals surface area contributed by atoms with Crippen molar-refractivity contribution < 1.29 is 18.3 Å². The highest BCUT2D eigenvalue weighted by Crippen LogP contribution is 2.21. The standard InChI is InChI=1S/C11H23N3O2S.C2H4O2/c1-14(17(15,16)13-11-2-3-11)9-6-10-4-7-12-8-5-10;1-2(3)4/h10-13H,2-9H2,1H3;1H3,(H,3,4). The van der Waals surface area contributed by atoms with E-state index < -0.39 is 16.2 Å². The van der Waals surface area contributed by atoms with Gasteiger partial charge in [0.15, 0.2) is 0 Å². The second kappa shape index (κ2) is 8.67. The Morgan fingerprint density at radius 2 is 1.81 bits per heavy atom. The molecular formula is C13H27N3O4S. The number of nitrogens with one attached hydrogen (secondary N) is 2. The third-order valence-electron chi connectivity index (χ3n) is 3.61. The lowest BCUT2D eigenvalue weighted by atomic mass is 9.95. The predicted molar refractivity (Wildman–Crippen MR) is 81.2 cm³/mol. The molecule has 1 aliphatic heterocycles. The minimum Gasteiger partial charge on any atom is -0.481 e. The van der Waals surface area contributed by atoms with E-state index >= 15 is 0 Å². The molecule has 21 heavy (non-hydrogen) atoms. The van der Waals surface area contributed by atoms with Gasteiger partial charge in [0.2, 0.25) is 0 Å². The number of carboxylic acids is 1. The Bertz CT molecular complexity index is 413. The van der Waals surface area contributed by atoms with Crippen molar-refractivity contribution in [1.82, 2.24) is 14.3 Å². The number of carbonyl (C=O) groups is 1.